The van der Waals surface area contributed by atoms with E-state index in [1.54, 1.807) is 53.7 Å². The summed E-state index contributed by atoms with van der Waals surface area (Å²) in [6, 6.07) is 2.06. The van der Waals surface area contributed by atoms with Crippen LogP contribution in [-0.4, -0.2) is 112 Å². The number of aliphatic hydroxyl groups excluding tert-OH is 1. The number of ether oxygens (including phenoxy) is 5. The highest BCUT2D eigenvalue weighted by molar-refractivity contribution is 6.00. The van der Waals surface area contributed by atoms with Gasteiger partial charge in [-0.05, 0) is 73.2 Å². The summed E-state index contributed by atoms with van der Waals surface area (Å²) in [5, 5.41) is 14.2. The van der Waals surface area contributed by atoms with Gasteiger partial charge in [-0.15, -0.1) is 0 Å². The summed E-state index contributed by atoms with van der Waals surface area (Å²) in [7, 11) is 3.65. The van der Waals surface area contributed by atoms with Gasteiger partial charge in [-0.1, -0.05) is 27.7 Å². The number of aliphatic hydroxyl groups is 1. The van der Waals surface area contributed by atoms with Crippen LogP contribution < -0.4 is 5.32 Å². The van der Waals surface area contributed by atoms with E-state index in [9.17, 15) is 29.1 Å². The number of fused-ring (bicyclic) bond motifs is 1. The average molecular weight is 692 g/mol. The lowest BCUT2D eigenvalue weighted by Gasteiger charge is -2.47. The smallest absolute Gasteiger partial charge is 0.418 e. The van der Waals surface area contributed by atoms with Crippen molar-refractivity contribution < 1.29 is 52.8 Å². The number of cyclic esters (lactones) is 1. The maximum atomic E-state index is 14.2. The molecule has 0 bridgehead atoms. The van der Waals surface area contributed by atoms with Gasteiger partial charge in [-0.25, -0.2) is 9.59 Å². The summed E-state index contributed by atoms with van der Waals surface area (Å²) in [4.78, 5) is 70.2. The summed E-state index contributed by atoms with van der Waals surface area (Å²) < 4.78 is 31.6. The van der Waals surface area contributed by atoms with Crippen molar-refractivity contribution in [3.8, 4) is 0 Å². The first-order valence-electron chi connectivity index (χ1n) is 17.1. The van der Waals surface area contributed by atoms with Crippen molar-refractivity contribution in [3.05, 3.63) is 24.5 Å². The first-order chi connectivity index (χ1) is 22.8. The van der Waals surface area contributed by atoms with Crippen molar-refractivity contribution in [2.75, 3.05) is 14.1 Å². The molecule has 0 aromatic carbocycles. The average Bonchev–Trinajstić information content (AvgIpc) is 3.69. The van der Waals surface area contributed by atoms with Crippen LogP contribution in [0.5, 0.6) is 0 Å². The van der Waals surface area contributed by atoms with Crippen LogP contribution in [0.1, 0.15) is 74.7 Å². The van der Waals surface area contributed by atoms with E-state index in [-0.39, 0.29) is 30.8 Å². The number of amides is 1. The molecule has 274 valence electrons. The Hall–Kier alpha value is -3.33. The minimum absolute atomic E-state index is 0.116. The molecule has 14 heteroatoms. The molecular weight excluding hydrogens is 638 g/mol. The Morgan fingerprint density at radius 3 is 2.27 bits per heavy atom. The second-order valence-corrected chi connectivity index (χ2v) is 14.6. The second kappa shape index (κ2) is 14.9. The summed E-state index contributed by atoms with van der Waals surface area (Å²) in [6.07, 6.45) is -2.93. The zero-order valence-corrected chi connectivity index (χ0v) is 30.2. The van der Waals surface area contributed by atoms with E-state index in [4.69, 9.17) is 23.7 Å². The standard InChI is InChI=1S/C35H53N3O11/c1-11-24-35(8)28(36-32(43)48-35)20(4)25(39)18(2)17-34(7,49-33(44)38-14-12-13-15-38)29(21(5)26(40)22(6)30(42)46-24)47-31-27(41)23(37(9)10)16-19(3)45-31/h12-15,18-24,27-29,31,41H,11,16-17H2,1-10H3,(H,36,43)/t18-,19-,20+,21+,22-,23+,24-,27-,28-,29-,31+,34-,35-/m1/s1. The number of nitrogens with zero attached hydrogens (tertiary/aromatic N) is 2. The van der Waals surface area contributed by atoms with Gasteiger partial charge in [0.25, 0.3) is 0 Å². The Bertz CT molecular complexity index is 1380. The molecule has 0 radical (unpaired) electrons. The monoisotopic (exact) mass is 691 g/mol. The zero-order chi connectivity index (χ0) is 36.6. The molecule has 4 rings (SSSR count). The normalized spacial score (nSPS) is 40.9. The maximum absolute atomic E-state index is 14.2. The van der Waals surface area contributed by atoms with Crippen LogP contribution in [0.15, 0.2) is 24.5 Å². The third-order valence-corrected chi connectivity index (χ3v) is 10.6. The zero-order valence-electron chi connectivity index (χ0n) is 30.2. The number of hydrogen-bond acceptors (Lipinski definition) is 12. The molecule has 4 heterocycles. The molecule has 0 unspecified atom stereocenters. The number of likely N-dealkylation sites (N-methyl/N-ethyl adjacent to an activating group) is 1. The molecule has 1 aromatic heterocycles. The number of rotatable bonds is 5. The predicted molar refractivity (Wildman–Crippen MR) is 175 cm³/mol. The number of alkyl carbamates (subject to hydrolysis) is 1. The van der Waals surface area contributed by atoms with Crippen LogP contribution in [0.4, 0.5) is 9.59 Å². The van der Waals surface area contributed by atoms with E-state index in [1.807, 2.05) is 25.9 Å². The lowest BCUT2D eigenvalue weighted by molar-refractivity contribution is -0.292. The molecule has 0 spiro atoms. The van der Waals surface area contributed by atoms with Crippen LogP contribution in [0.3, 0.4) is 0 Å². The largest absolute Gasteiger partial charge is 0.458 e. The van der Waals surface area contributed by atoms with Gasteiger partial charge < -0.3 is 39.0 Å². The van der Waals surface area contributed by atoms with E-state index in [0.717, 1.165) is 0 Å². The van der Waals surface area contributed by atoms with Crippen molar-refractivity contribution in [3.63, 3.8) is 0 Å². The van der Waals surface area contributed by atoms with Crippen molar-refractivity contribution in [2.45, 2.75) is 129 Å². The number of carbonyl (C=O) groups is 5. The van der Waals surface area contributed by atoms with Crippen molar-refractivity contribution in [1.29, 1.82) is 0 Å². The highest BCUT2D eigenvalue weighted by Crippen LogP contribution is 2.40. The van der Waals surface area contributed by atoms with Crippen LogP contribution in [0, 0.1) is 23.7 Å². The summed E-state index contributed by atoms with van der Waals surface area (Å²) in [5.41, 5.74) is -3.11. The van der Waals surface area contributed by atoms with E-state index in [2.05, 4.69) is 5.32 Å². The predicted octanol–water partition coefficient (Wildman–Crippen LogP) is 3.32. The molecule has 3 aliphatic heterocycles. The fourth-order valence-corrected chi connectivity index (χ4v) is 7.79. The SMILES string of the molecule is CC[C@H]1OC(=O)[C@H](C)C(=O)[C@H](C)[C@@H](O[C@@H]2O[C@H](C)C[C@H](N(C)C)[C@H]2O)[C@](C)(OC(=O)n2cccc2)C[C@@H](C)C(=O)[C@H](C)[C@H]2NC(=O)O[C@@]21C. The van der Waals surface area contributed by atoms with Gasteiger partial charge in [0.15, 0.2) is 17.7 Å². The summed E-state index contributed by atoms with van der Waals surface area (Å²) >= 11 is 0. The molecule has 2 N–H and O–H groups in total. The number of aromatic nitrogens is 1. The Balaban J connectivity index is 1.85. The maximum Gasteiger partial charge on any atom is 0.418 e. The first-order valence-corrected chi connectivity index (χ1v) is 17.1. The van der Waals surface area contributed by atoms with Crippen molar-refractivity contribution >= 4 is 29.7 Å². The van der Waals surface area contributed by atoms with Crippen LogP contribution in [-0.2, 0) is 38.1 Å². The molecule has 1 amide bonds. The third kappa shape index (κ3) is 7.72. The highest BCUT2D eigenvalue weighted by atomic mass is 16.7. The molecule has 0 aliphatic carbocycles. The van der Waals surface area contributed by atoms with Gasteiger partial charge in [0.2, 0.25) is 0 Å². The summed E-state index contributed by atoms with van der Waals surface area (Å²) in [5.74, 6) is -5.79. The molecule has 49 heavy (non-hydrogen) atoms. The topological polar surface area (TPSA) is 172 Å². The number of nitrogens with one attached hydrogen (secondary N) is 1. The lowest BCUT2D eigenvalue weighted by Crippen LogP contribution is -2.60. The fourth-order valence-electron chi connectivity index (χ4n) is 7.79. The van der Waals surface area contributed by atoms with Crippen LogP contribution in [0.2, 0.25) is 0 Å². The van der Waals surface area contributed by atoms with E-state index in [0.29, 0.717) is 6.42 Å². The highest BCUT2D eigenvalue weighted by Gasteiger charge is 2.57. The molecule has 1 aromatic rings. The van der Waals surface area contributed by atoms with Crippen LogP contribution >= 0.6 is 0 Å². The number of Topliss-reactive ketones (excluding diaryl/α,β-unsaturated/α-hetero) is 2. The van der Waals surface area contributed by atoms with E-state index in [1.165, 1.54) is 23.9 Å². The summed E-state index contributed by atoms with van der Waals surface area (Å²) in [6.45, 7) is 13.1. The molecule has 13 atom stereocenters. The van der Waals surface area contributed by atoms with E-state index >= 15 is 0 Å². The number of esters is 1. The van der Waals surface area contributed by atoms with Gasteiger partial charge in [-0.3, -0.25) is 19.0 Å². The second-order valence-electron chi connectivity index (χ2n) is 14.6. The molecule has 14 nitrogen and oxygen atoms in total. The third-order valence-electron chi connectivity index (χ3n) is 10.6. The molecule has 3 saturated heterocycles. The van der Waals surface area contributed by atoms with Gasteiger partial charge in [0, 0.05) is 36.2 Å². The number of carbonyl (C=O) groups excluding carboxylic acids is 5. The Labute approximate surface area is 288 Å². The first kappa shape index (κ1) is 38.5. The number of ketones is 2. The van der Waals surface area contributed by atoms with Crippen LogP contribution in [0.25, 0.3) is 0 Å². The van der Waals surface area contributed by atoms with Gasteiger partial charge in [0.1, 0.15) is 35.6 Å². The fraction of sp³-hybridized carbons (Fsp3) is 0.743. The van der Waals surface area contributed by atoms with Crippen molar-refractivity contribution in [2.24, 2.45) is 23.7 Å². The van der Waals surface area contributed by atoms with Gasteiger partial charge in [0.05, 0.1) is 12.1 Å². The minimum atomic E-state index is -1.69. The molecule has 3 aliphatic rings. The lowest BCUT2D eigenvalue weighted by atomic mass is 9.73. The Morgan fingerprint density at radius 2 is 1.67 bits per heavy atom. The Kier molecular flexibility index (Phi) is 11.7. The quantitative estimate of drug-likeness (QED) is 0.263. The molecular formula is C35H53N3O11. The molecule has 3 fully saturated rings. The van der Waals surface area contributed by atoms with Crippen molar-refractivity contribution in [1.82, 2.24) is 14.8 Å². The Morgan fingerprint density at radius 1 is 1.04 bits per heavy atom. The number of hydrogen-bond donors (Lipinski definition) is 2. The van der Waals surface area contributed by atoms with Gasteiger partial charge >= 0.3 is 18.2 Å². The van der Waals surface area contributed by atoms with Gasteiger partial charge in [-0.2, -0.15) is 0 Å². The molecule has 0 saturated carbocycles. The minimum Gasteiger partial charge on any atom is -0.458 e. The van der Waals surface area contributed by atoms with E-state index < -0.39 is 89.5 Å².